The van der Waals surface area contributed by atoms with E-state index in [9.17, 15) is 4.79 Å². The first-order chi connectivity index (χ1) is 23.4. The average molecular weight is 657 g/mol. The molecule has 0 saturated heterocycles. The predicted octanol–water partition coefficient (Wildman–Crippen LogP) is 7.17. The van der Waals surface area contributed by atoms with Gasteiger partial charge in [0.15, 0.2) is 5.82 Å². The molecule has 8 nitrogen and oxygen atoms in total. The van der Waals surface area contributed by atoms with Gasteiger partial charge in [-0.15, -0.1) is 21.5 Å². The van der Waals surface area contributed by atoms with Gasteiger partial charge < -0.3 is 15.3 Å². The number of rotatable bonds is 12. The molecule has 2 aromatic heterocycles. The van der Waals surface area contributed by atoms with E-state index in [1.165, 1.54) is 10.4 Å². The van der Waals surface area contributed by atoms with E-state index in [1.54, 1.807) is 11.3 Å². The largest absolute Gasteiger partial charge is 0.399 e. The molecule has 0 saturated carbocycles. The van der Waals surface area contributed by atoms with Crippen molar-refractivity contribution in [2.75, 3.05) is 18.9 Å². The number of aryl methyl sites for hydroxylation is 3. The van der Waals surface area contributed by atoms with Gasteiger partial charge in [-0.1, -0.05) is 48.3 Å². The van der Waals surface area contributed by atoms with Gasteiger partial charge in [-0.3, -0.25) is 14.6 Å². The number of anilines is 1. The summed E-state index contributed by atoms with van der Waals surface area (Å²) >= 11 is 1.77. The van der Waals surface area contributed by atoms with Gasteiger partial charge in [-0.05, 0) is 81.0 Å². The molecule has 0 radical (unpaired) electrons. The SMILES string of the molecule is Cc1sc2c(c1C)C(c1ccc(C#CCOCC/C=C/Cc3cc(N)cc(CCC=O)c3)cc1)=N[C@@H](CC1=NC=CC1)c1nnc(C)n1-2. The number of aldehydes is 1. The molecule has 244 valence electrons. The van der Waals surface area contributed by atoms with Crippen LogP contribution in [0.4, 0.5) is 5.69 Å². The number of nitrogens with two attached hydrogens (primary N) is 1. The molecule has 0 fully saturated rings. The quantitative estimate of drug-likeness (QED) is 0.0572. The number of hydrogen-bond donors (Lipinski definition) is 1. The number of allylic oxidation sites excluding steroid dienone is 2. The third-order valence-corrected chi connectivity index (χ3v) is 9.72. The topological polar surface area (TPSA) is 108 Å². The van der Waals surface area contributed by atoms with Crippen molar-refractivity contribution in [3.8, 4) is 16.8 Å². The molecule has 4 aromatic rings. The summed E-state index contributed by atoms with van der Waals surface area (Å²) in [7, 11) is 0. The first kappa shape index (κ1) is 33.0. The lowest BCUT2D eigenvalue weighted by Crippen LogP contribution is -2.10. The number of hydrogen-bond acceptors (Lipinski definition) is 8. The minimum absolute atomic E-state index is 0.185. The Morgan fingerprint density at radius 3 is 2.69 bits per heavy atom. The van der Waals surface area contributed by atoms with Crippen LogP contribution < -0.4 is 5.73 Å². The van der Waals surface area contributed by atoms with Crippen LogP contribution in [0.1, 0.15) is 81.6 Å². The van der Waals surface area contributed by atoms with Gasteiger partial charge in [-0.2, -0.15) is 0 Å². The van der Waals surface area contributed by atoms with Gasteiger partial charge in [-0.25, -0.2) is 0 Å². The Kier molecular flexibility index (Phi) is 10.5. The summed E-state index contributed by atoms with van der Waals surface area (Å²) in [5.74, 6) is 8.11. The lowest BCUT2D eigenvalue weighted by Gasteiger charge is -2.13. The van der Waals surface area contributed by atoms with E-state index >= 15 is 0 Å². The van der Waals surface area contributed by atoms with E-state index in [1.807, 2.05) is 25.3 Å². The predicted molar refractivity (Wildman–Crippen MR) is 194 cm³/mol. The molecule has 2 aliphatic rings. The number of aromatic nitrogens is 3. The zero-order chi connectivity index (χ0) is 33.5. The summed E-state index contributed by atoms with van der Waals surface area (Å²) < 4.78 is 7.94. The number of thiophene rings is 1. The van der Waals surface area contributed by atoms with E-state index in [0.717, 1.165) is 93.5 Å². The number of nitrogens with zero attached hydrogens (tertiary/aromatic N) is 5. The third-order valence-electron chi connectivity index (χ3n) is 8.52. The second-order valence-electron chi connectivity index (χ2n) is 12.1. The highest BCUT2D eigenvalue weighted by molar-refractivity contribution is 7.15. The molecular formula is C39H40N6O2S. The number of fused-ring (bicyclic) bond motifs is 3. The van der Waals surface area contributed by atoms with Gasteiger partial charge in [0, 0.05) is 58.4 Å². The van der Waals surface area contributed by atoms with Gasteiger partial charge in [0.2, 0.25) is 0 Å². The van der Waals surface area contributed by atoms with Crippen LogP contribution in [0.15, 0.2) is 76.9 Å². The van der Waals surface area contributed by atoms with Crippen LogP contribution in [0.2, 0.25) is 0 Å². The summed E-state index contributed by atoms with van der Waals surface area (Å²) in [6, 6.07) is 14.2. The zero-order valence-electron chi connectivity index (χ0n) is 27.7. The second kappa shape index (κ2) is 15.3. The van der Waals surface area contributed by atoms with Crippen LogP contribution in [0.5, 0.6) is 0 Å². The fourth-order valence-corrected chi connectivity index (χ4v) is 7.24. The van der Waals surface area contributed by atoms with Crippen LogP contribution in [-0.2, 0) is 22.4 Å². The standard InChI is InChI=1S/C39H40N6O2S/c1-26-27(2)48-39-36(26)37(42-35(25-34-13-7-18-41-34)38-44-43-28(3)45(38)39)32-16-14-29(15-17-32)12-9-21-47-20-6-4-5-10-30-22-31(11-8-19-46)24-33(40)23-30/h4-5,7,14-19,22-24,35H,6,8,10-11,13,20-21,25,40H2,1-3H3/b5-4+/t35-/m0/s1. The normalized spacial score (nSPS) is 15.0. The highest BCUT2D eigenvalue weighted by Crippen LogP contribution is 2.40. The molecular weight excluding hydrogens is 617 g/mol. The van der Waals surface area contributed by atoms with Crippen molar-refractivity contribution in [3.63, 3.8) is 0 Å². The summed E-state index contributed by atoms with van der Waals surface area (Å²) in [4.78, 5) is 21.9. The maximum atomic E-state index is 10.7. The Labute approximate surface area is 286 Å². The highest BCUT2D eigenvalue weighted by atomic mass is 32.1. The Morgan fingerprint density at radius 1 is 1.06 bits per heavy atom. The van der Waals surface area contributed by atoms with Gasteiger partial charge >= 0.3 is 0 Å². The zero-order valence-corrected chi connectivity index (χ0v) is 28.5. The Bertz CT molecular complexity index is 1980. The molecule has 48 heavy (non-hydrogen) atoms. The number of benzene rings is 2. The highest BCUT2D eigenvalue weighted by Gasteiger charge is 2.32. The Morgan fingerprint density at radius 2 is 1.90 bits per heavy atom. The molecule has 2 aromatic carbocycles. The first-order valence-corrected chi connectivity index (χ1v) is 17.2. The van der Waals surface area contributed by atoms with Crippen LogP contribution in [-0.4, -0.2) is 45.7 Å². The fourth-order valence-electron chi connectivity index (χ4n) is 6.02. The maximum Gasteiger partial charge on any atom is 0.163 e. The lowest BCUT2D eigenvalue weighted by molar-refractivity contribution is -0.107. The van der Waals surface area contributed by atoms with Crippen LogP contribution in [0.25, 0.3) is 5.00 Å². The van der Waals surface area contributed by atoms with Crippen LogP contribution in [0, 0.1) is 32.6 Å². The third kappa shape index (κ3) is 7.62. The molecule has 4 heterocycles. The number of ether oxygens (including phenoxy) is 1. The molecule has 2 aliphatic heterocycles. The van der Waals surface area contributed by atoms with Crippen LogP contribution >= 0.6 is 11.3 Å². The summed E-state index contributed by atoms with van der Waals surface area (Å²) in [5, 5.41) is 10.2. The van der Waals surface area contributed by atoms with Crippen molar-refractivity contribution in [3.05, 3.63) is 117 Å². The van der Waals surface area contributed by atoms with E-state index in [-0.39, 0.29) is 6.04 Å². The molecule has 6 rings (SSSR count). The molecule has 0 spiro atoms. The number of carbonyl (C=O) groups is 1. The minimum Gasteiger partial charge on any atom is -0.399 e. The van der Waals surface area contributed by atoms with Crippen LogP contribution in [0.3, 0.4) is 0 Å². The summed E-state index contributed by atoms with van der Waals surface area (Å²) in [6.45, 7) is 7.31. The average Bonchev–Trinajstić information content (AvgIpc) is 3.78. The Balaban J connectivity index is 1.08. The summed E-state index contributed by atoms with van der Waals surface area (Å²) in [5.41, 5.74) is 15.4. The smallest absolute Gasteiger partial charge is 0.163 e. The molecule has 2 N–H and O–H groups in total. The maximum absolute atomic E-state index is 10.7. The fraction of sp³-hybridized carbons (Fsp3) is 0.308. The molecule has 0 unspecified atom stereocenters. The molecule has 0 bridgehead atoms. The number of nitrogen functional groups attached to an aromatic ring is 1. The van der Waals surface area contributed by atoms with Gasteiger partial charge in [0.1, 0.15) is 29.8 Å². The van der Waals surface area contributed by atoms with Crippen molar-refractivity contribution >= 4 is 34.7 Å². The Hall–Kier alpha value is -4.91. The number of carbonyl (C=O) groups excluding carboxylic acids is 1. The monoisotopic (exact) mass is 656 g/mol. The van der Waals surface area contributed by atoms with Crippen molar-refractivity contribution < 1.29 is 9.53 Å². The van der Waals surface area contributed by atoms with E-state index in [0.29, 0.717) is 26.1 Å². The molecule has 9 heteroatoms. The van der Waals surface area contributed by atoms with E-state index in [2.05, 4.69) is 94.0 Å². The second-order valence-corrected chi connectivity index (χ2v) is 13.3. The van der Waals surface area contributed by atoms with Crippen molar-refractivity contribution in [2.24, 2.45) is 9.98 Å². The lowest BCUT2D eigenvalue weighted by atomic mass is 9.98. The minimum atomic E-state index is -0.185. The molecule has 0 aliphatic carbocycles. The van der Waals surface area contributed by atoms with Crippen molar-refractivity contribution in [1.82, 2.24) is 14.8 Å². The summed E-state index contributed by atoms with van der Waals surface area (Å²) in [6.07, 6.45) is 13.5. The van der Waals surface area contributed by atoms with E-state index < -0.39 is 0 Å². The van der Waals surface area contributed by atoms with Crippen molar-refractivity contribution in [1.29, 1.82) is 0 Å². The molecule has 1 atom stereocenters. The van der Waals surface area contributed by atoms with Crippen molar-refractivity contribution in [2.45, 2.75) is 65.3 Å². The van der Waals surface area contributed by atoms with E-state index in [4.69, 9.17) is 15.5 Å². The first-order valence-electron chi connectivity index (χ1n) is 16.4. The number of aliphatic imine (C=N–C) groups is 2. The van der Waals surface area contributed by atoms with Gasteiger partial charge in [0.05, 0.1) is 12.3 Å². The molecule has 0 amide bonds. The van der Waals surface area contributed by atoms with Gasteiger partial charge in [0.25, 0.3) is 0 Å².